The number of nitrogens with one attached hydrogen (secondary N) is 1. The van der Waals surface area contributed by atoms with Gasteiger partial charge in [0, 0.05) is 6.20 Å². The Morgan fingerprint density at radius 2 is 2.31 bits per heavy atom. The molecule has 16 heavy (non-hydrogen) atoms. The SMILES string of the molecule is CC(C)(N)C(=O)Nc1cnn(CC(F)F)c1. The average molecular weight is 232 g/mol. The van der Waals surface area contributed by atoms with E-state index >= 15 is 0 Å². The Bertz CT molecular complexity index is 370. The summed E-state index contributed by atoms with van der Waals surface area (Å²) in [6.45, 7) is 2.60. The average Bonchev–Trinajstić information content (AvgIpc) is 2.49. The molecule has 0 saturated carbocycles. The largest absolute Gasteiger partial charge is 0.322 e. The Balaban J connectivity index is 2.62. The van der Waals surface area contributed by atoms with E-state index in [1.165, 1.54) is 12.4 Å². The van der Waals surface area contributed by atoms with E-state index in [9.17, 15) is 13.6 Å². The zero-order valence-electron chi connectivity index (χ0n) is 9.08. The molecule has 0 radical (unpaired) electrons. The lowest BCUT2D eigenvalue weighted by atomic mass is 10.1. The number of nitrogens with two attached hydrogens (primary N) is 1. The Morgan fingerprint density at radius 1 is 1.69 bits per heavy atom. The summed E-state index contributed by atoms with van der Waals surface area (Å²) in [5.41, 5.74) is 4.88. The molecular weight excluding hydrogens is 218 g/mol. The van der Waals surface area contributed by atoms with Crippen LogP contribution in [0.25, 0.3) is 0 Å². The topological polar surface area (TPSA) is 72.9 Å². The molecule has 0 aliphatic carbocycles. The number of anilines is 1. The maximum Gasteiger partial charge on any atom is 0.257 e. The first-order valence-corrected chi connectivity index (χ1v) is 4.70. The number of hydrogen-bond acceptors (Lipinski definition) is 3. The van der Waals surface area contributed by atoms with Gasteiger partial charge in [-0.15, -0.1) is 0 Å². The molecule has 5 nitrogen and oxygen atoms in total. The van der Waals surface area contributed by atoms with Crippen LogP contribution in [0.4, 0.5) is 14.5 Å². The van der Waals surface area contributed by atoms with Crippen molar-refractivity contribution in [2.75, 3.05) is 5.32 Å². The quantitative estimate of drug-likeness (QED) is 0.807. The molecule has 7 heteroatoms. The maximum atomic E-state index is 12.0. The molecule has 0 aromatic carbocycles. The van der Waals surface area contributed by atoms with Crippen molar-refractivity contribution in [1.82, 2.24) is 9.78 Å². The fraction of sp³-hybridized carbons (Fsp3) is 0.556. The van der Waals surface area contributed by atoms with Crippen LogP contribution in [-0.4, -0.2) is 27.7 Å². The Hall–Kier alpha value is -1.50. The number of aromatic nitrogens is 2. The molecule has 0 atom stereocenters. The van der Waals surface area contributed by atoms with Crippen LogP contribution in [-0.2, 0) is 11.3 Å². The smallest absolute Gasteiger partial charge is 0.257 e. The van der Waals surface area contributed by atoms with Crippen LogP contribution in [0.5, 0.6) is 0 Å². The second-order valence-electron chi connectivity index (χ2n) is 4.02. The molecule has 0 bridgehead atoms. The minimum atomic E-state index is -2.48. The first kappa shape index (κ1) is 12.6. The Morgan fingerprint density at radius 3 is 2.81 bits per heavy atom. The molecule has 90 valence electrons. The van der Waals surface area contributed by atoms with E-state index in [4.69, 9.17) is 5.73 Å². The van der Waals surface area contributed by atoms with Gasteiger partial charge in [-0.05, 0) is 13.8 Å². The summed E-state index contributed by atoms with van der Waals surface area (Å²) in [7, 11) is 0. The first-order valence-electron chi connectivity index (χ1n) is 4.70. The van der Waals surface area contributed by atoms with Gasteiger partial charge in [0.05, 0.1) is 17.4 Å². The van der Waals surface area contributed by atoms with Crippen LogP contribution in [0.1, 0.15) is 13.8 Å². The maximum absolute atomic E-state index is 12.0. The fourth-order valence-corrected chi connectivity index (χ4v) is 0.962. The van der Waals surface area contributed by atoms with Crippen molar-refractivity contribution in [1.29, 1.82) is 0 Å². The van der Waals surface area contributed by atoms with Gasteiger partial charge in [0.2, 0.25) is 5.91 Å². The van der Waals surface area contributed by atoms with Gasteiger partial charge in [0.25, 0.3) is 6.43 Å². The molecule has 1 aromatic heterocycles. The van der Waals surface area contributed by atoms with Crippen molar-refractivity contribution in [2.45, 2.75) is 32.4 Å². The predicted octanol–water partition coefficient (Wildman–Crippen LogP) is 0.824. The van der Waals surface area contributed by atoms with Gasteiger partial charge in [-0.3, -0.25) is 9.48 Å². The van der Waals surface area contributed by atoms with E-state index in [0.29, 0.717) is 5.69 Å². The lowest BCUT2D eigenvalue weighted by Gasteiger charge is -2.16. The molecule has 1 aromatic rings. The van der Waals surface area contributed by atoms with Gasteiger partial charge in [0.15, 0.2) is 0 Å². The number of hydrogen-bond donors (Lipinski definition) is 2. The summed E-state index contributed by atoms with van der Waals surface area (Å²) in [5.74, 6) is -0.399. The van der Waals surface area contributed by atoms with E-state index in [1.807, 2.05) is 0 Å². The van der Waals surface area contributed by atoms with E-state index in [2.05, 4.69) is 10.4 Å². The van der Waals surface area contributed by atoms with E-state index in [-0.39, 0.29) is 0 Å². The summed E-state index contributed by atoms with van der Waals surface area (Å²) in [6, 6.07) is 0. The first-order chi connectivity index (χ1) is 7.29. The third-order valence-corrected chi connectivity index (χ3v) is 1.80. The van der Waals surface area contributed by atoms with Crippen LogP contribution in [0.3, 0.4) is 0 Å². The second kappa shape index (κ2) is 4.56. The molecule has 0 spiro atoms. The summed E-state index contributed by atoms with van der Waals surface area (Å²) >= 11 is 0. The van der Waals surface area contributed by atoms with Crippen LogP contribution >= 0.6 is 0 Å². The molecule has 0 aliphatic heterocycles. The number of rotatable bonds is 4. The van der Waals surface area contributed by atoms with Crippen molar-refractivity contribution >= 4 is 11.6 Å². The minimum Gasteiger partial charge on any atom is -0.322 e. The van der Waals surface area contributed by atoms with Gasteiger partial charge in [-0.1, -0.05) is 0 Å². The van der Waals surface area contributed by atoms with E-state index in [0.717, 1.165) is 4.68 Å². The minimum absolute atomic E-state index is 0.351. The van der Waals surface area contributed by atoms with Crippen molar-refractivity contribution < 1.29 is 13.6 Å². The molecule has 0 aliphatic rings. The number of carbonyl (C=O) groups is 1. The number of halogens is 2. The Labute approximate surface area is 91.6 Å². The summed E-state index contributed by atoms with van der Waals surface area (Å²) in [5, 5.41) is 6.16. The molecule has 1 rings (SSSR count). The summed E-state index contributed by atoms with van der Waals surface area (Å²) in [4.78, 5) is 11.4. The van der Waals surface area contributed by atoms with Crippen LogP contribution in [0.2, 0.25) is 0 Å². The van der Waals surface area contributed by atoms with E-state index in [1.54, 1.807) is 13.8 Å². The normalized spacial score (nSPS) is 11.9. The van der Waals surface area contributed by atoms with Gasteiger partial charge in [-0.25, -0.2) is 8.78 Å². The van der Waals surface area contributed by atoms with E-state index < -0.39 is 24.4 Å². The number of carbonyl (C=O) groups excluding carboxylic acids is 1. The highest BCUT2D eigenvalue weighted by molar-refractivity contribution is 5.97. The highest BCUT2D eigenvalue weighted by Crippen LogP contribution is 2.09. The van der Waals surface area contributed by atoms with Crippen LogP contribution in [0.15, 0.2) is 12.4 Å². The van der Waals surface area contributed by atoms with Gasteiger partial charge < -0.3 is 11.1 Å². The molecule has 0 saturated heterocycles. The number of amides is 1. The number of nitrogens with zero attached hydrogens (tertiary/aromatic N) is 2. The third-order valence-electron chi connectivity index (χ3n) is 1.80. The molecule has 0 fully saturated rings. The standard InChI is InChI=1S/C9H14F2N4O/c1-9(2,12)8(16)14-6-3-13-15(4-6)5-7(10)11/h3-4,7H,5,12H2,1-2H3,(H,14,16). The predicted molar refractivity (Wildman–Crippen MR) is 55.1 cm³/mol. The van der Waals surface area contributed by atoms with Crippen molar-refractivity contribution in [3.63, 3.8) is 0 Å². The Kier molecular flexibility index (Phi) is 3.58. The van der Waals surface area contributed by atoms with Crippen molar-refractivity contribution in [2.24, 2.45) is 5.73 Å². The zero-order valence-corrected chi connectivity index (χ0v) is 9.08. The second-order valence-corrected chi connectivity index (χ2v) is 4.02. The molecule has 1 amide bonds. The van der Waals surface area contributed by atoms with Gasteiger partial charge >= 0.3 is 0 Å². The highest BCUT2D eigenvalue weighted by atomic mass is 19.3. The number of alkyl halides is 2. The molecule has 3 N–H and O–H groups in total. The fourth-order valence-electron chi connectivity index (χ4n) is 0.962. The van der Waals surface area contributed by atoms with Gasteiger partial charge in [0.1, 0.15) is 6.54 Å². The van der Waals surface area contributed by atoms with Gasteiger partial charge in [-0.2, -0.15) is 5.10 Å². The molecule has 0 unspecified atom stereocenters. The molecule has 1 heterocycles. The lowest BCUT2D eigenvalue weighted by molar-refractivity contribution is -0.120. The summed E-state index contributed by atoms with van der Waals surface area (Å²) < 4.78 is 25.1. The monoisotopic (exact) mass is 232 g/mol. The third kappa shape index (κ3) is 3.58. The molecular formula is C9H14F2N4O. The summed E-state index contributed by atoms with van der Waals surface area (Å²) in [6.07, 6.45) is 0.149. The zero-order chi connectivity index (χ0) is 12.3. The van der Waals surface area contributed by atoms with Crippen molar-refractivity contribution in [3.05, 3.63) is 12.4 Å². The van der Waals surface area contributed by atoms with Crippen LogP contribution < -0.4 is 11.1 Å². The van der Waals surface area contributed by atoms with Crippen molar-refractivity contribution in [3.8, 4) is 0 Å². The van der Waals surface area contributed by atoms with Crippen LogP contribution in [0, 0.1) is 0 Å². The lowest BCUT2D eigenvalue weighted by Crippen LogP contribution is -2.45. The highest BCUT2D eigenvalue weighted by Gasteiger charge is 2.22.